The molecule has 0 aromatic rings. The van der Waals surface area contributed by atoms with Crippen LogP contribution in [0, 0.1) is 0 Å². The van der Waals surface area contributed by atoms with Crippen LogP contribution in [-0.2, 0) is 4.74 Å². The molecular formula is C13H25NO. The Balaban J connectivity index is 1.77. The lowest BCUT2D eigenvalue weighted by molar-refractivity contribution is 0.336. The van der Waals surface area contributed by atoms with Gasteiger partial charge in [0.25, 0.3) is 0 Å². The number of hydrogen-bond acceptors (Lipinski definition) is 2. The van der Waals surface area contributed by atoms with Gasteiger partial charge in [-0.1, -0.05) is 51.9 Å². The van der Waals surface area contributed by atoms with Crippen molar-refractivity contribution in [3.8, 4) is 0 Å². The van der Waals surface area contributed by atoms with Crippen LogP contribution in [0.1, 0.15) is 64.7 Å². The van der Waals surface area contributed by atoms with Crippen molar-refractivity contribution < 1.29 is 4.74 Å². The Morgan fingerprint density at radius 2 is 1.67 bits per heavy atom. The van der Waals surface area contributed by atoms with Gasteiger partial charge in [-0.3, -0.25) is 4.99 Å². The van der Waals surface area contributed by atoms with Crippen molar-refractivity contribution >= 4 is 5.90 Å². The van der Waals surface area contributed by atoms with E-state index in [2.05, 4.69) is 11.9 Å². The minimum absolute atomic E-state index is 0.812. The second-order valence-electron chi connectivity index (χ2n) is 4.35. The molecule has 0 aromatic carbocycles. The number of hydrogen-bond donors (Lipinski definition) is 0. The number of unbranched alkanes of at least 4 members (excludes halogenated alkanes) is 7. The molecule has 0 fully saturated rings. The molecule has 1 rings (SSSR count). The molecule has 88 valence electrons. The third-order valence-electron chi connectivity index (χ3n) is 2.89. The molecule has 0 saturated carbocycles. The van der Waals surface area contributed by atoms with E-state index in [-0.39, 0.29) is 0 Å². The molecule has 2 heteroatoms. The summed E-state index contributed by atoms with van der Waals surface area (Å²) in [7, 11) is 0. The van der Waals surface area contributed by atoms with Gasteiger partial charge in [0, 0.05) is 6.42 Å². The second-order valence-corrected chi connectivity index (χ2v) is 4.35. The largest absolute Gasteiger partial charge is 0.479 e. The number of ether oxygens (including phenoxy) is 1. The van der Waals surface area contributed by atoms with Crippen LogP contribution in [-0.4, -0.2) is 19.0 Å². The summed E-state index contributed by atoms with van der Waals surface area (Å²) in [4.78, 5) is 4.29. The Bertz CT molecular complexity index is 177. The molecule has 15 heavy (non-hydrogen) atoms. The first kappa shape index (κ1) is 12.5. The molecule has 0 spiro atoms. The zero-order valence-electron chi connectivity index (χ0n) is 10.1. The molecule has 0 bridgehead atoms. The highest BCUT2D eigenvalue weighted by Crippen LogP contribution is 2.11. The zero-order chi connectivity index (χ0) is 10.8. The van der Waals surface area contributed by atoms with Gasteiger partial charge in [-0.15, -0.1) is 0 Å². The topological polar surface area (TPSA) is 21.6 Å². The summed E-state index contributed by atoms with van der Waals surface area (Å²) >= 11 is 0. The number of aliphatic imine (C=N–C) groups is 1. The smallest absolute Gasteiger partial charge is 0.183 e. The van der Waals surface area contributed by atoms with Gasteiger partial charge in [-0.05, 0) is 6.42 Å². The summed E-state index contributed by atoms with van der Waals surface area (Å²) in [5, 5.41) is 0. The van der Waals surface area contributed by atoms with Crippen LogP contribution >= 0.6 is 0 Å². The van der Waals surface area contributed by atoms with Crippen LogP contribution < -0.4 is 0 Å². The van der Waals surface area contributed by atoms with Crippen molar-refractivity contribution in [2.75, 3.05) is 13.2 Å². The fraction of sp³-hybridized carbons (Fsp3) is 0.923. The quantitative estimate of drug-likeness (QED) is 0.529. The molecular weight excluding hydrogens is 186 g/mol. The fourth-order valence-electron chi connectivity index (χ4n) is 1.94. The number of nitrogens with zero attached hydrogens (tertiary/aromatic N) is 1. The van der Waals surface area contributed by atoms with Gasteiger partial charge in [0.1, 0.15) is 6.61 Å². The van der Waals surface area contributed by atoms with Gasteiger partial charge in [0.15, 0.2) is 5.90 Å². The third kappa shape index (κ3) is 6.53. The Kier molecular flexibility index (Phi) is 7.32. The van der Waals surface area contributed by atoms with Crippen molar-refractivity contribution in [1.82, 2.24) is 0 Å². The molecule has 2 nitrogen and oxygen atoms in total. The van der Waals surface area contributed by atoms with Crippen LogP contribution in [0.3, 0.4) is 0 Å². The third-order valence-corrected chi connectivity index (χ3v) is 2.89. The zero-order valence-corrected chi connectivity index (χ0v) is 10.1. The van der Waals surface area contributed by atoms with Crippen molar-refractivity contribution in [1.29, 1.82) is 0 Å². The molecule has 1 aliphatic heterocycles. The summed E-state index contributed by atoms with van der Waals surface area (Å²) < 4.78 is 5.36. The Morgan fingerprint density at radius 1 is 1.00 bits per heavy atom. The standard InChI is InChI=1S/C13H25NO/c1-2-3-4-5-6-7-8-9-10-13-14-11-12-15-13/h2-12H2,1H3. The van der Waals surface area contributed by atoms with E-state index in [1.54, 1.807) is 0 Å². The SMILES string of the molecule is CCCCCCCCCCC1=NCCO1. The lowest BCUT2D eigenvalue weighted by atomic mass is 10.1. The van der Waals surface area contributed by atoms with Gasteiger partial charge in [0.2, 0.25) is 0 Å². The molecule has 1 heterocycles. The second kappa shape index (κ2) is 8.75. The predicted molar refractivity (Wildman–Crippen MR) is 65.5 cm³/mol. The van der Waals surface area contributed by atoms with Crippen molar-refractivity contribution in [3.05, 3.63) is 0 Å². The van der Waals surface area contributed by atoms with Crippen LogP contribution in [0.5, 0.6) is 0 Å². The van der Waals surface area contributed by atoms with E-state index in [4.69, 9.17) is 4.74 Å². The van der Waals surface area contributed by atoms with Gasteiger partial charge >= 0.3 is 0 Å². The van der Waals surface area contributed by atoms with E-state index in [1.165, 1.54) is 51.4 Å². The highest BCUT2D eigenvalue weighted by molar-refractivity contribution is 5.77. The molecule has 0 radical (unpaired) electrons. The molecule has 0 aromatic heterocycles. The maximum atomic E-state index is 5.36. The van der Waals surface area contributed by atoms with Crippen molar-refractivity contribution in [2.24, 2.45) is 4.99 Å². The van der Waals surface area contributed by atoms with Crippen molar-refractivity contribution in [2.45, 2.75) is 64.7 Å². The van der Waals surface area contributed by atoms with Gasteiger partial charge < -0.3 is 4.74 Å². The van der Waals surface area contributed by atoms with Gasteiger partial charge in [-0.25, -0.2) is 0 Å². The predicted octanol–water partition coefficient (Wildman–Crippen LogP) is 3.95. The summed E-state index contributed by atoms with van der Waals surface area (Å²) in [6.45, 7) is 3.96. The Hall–Kier alpha value is -0.530. The maximum Gasteiger partial charge on any atom is 0.183 e. The van der Waals surface area contributed by atoms with E-state index in [0.717, 1.165) is 25.5 Å². The average Bonchev–Trinajstić information content (AvgIpc) is 2.75. The summed E-state index contributed by atoms with van der Waals surface area (Å²) in [5.74, 6) is 1.00. The highest BCUT2D eigenvalue weighted by Gasteiger charge is 2.05. The van der Waals surface area contributed by atoms with Gasteiger partial charge in [-0.2, -0.15) is 0 Å². The number of rotatable bonds is 9. The normalized spacial score (nSPS) is 15.1. The average molecular weight is 211 g/mol. The molecule has 0 aliphatic carbocycles. The molecule has 0 saturated heterocycles. The summed E-state index contributed by atoms with van der Waals surface area (Å²) in [5.41, 5.74) is 0. The minimum atomic E-state index is 0.812. The van der Waals surface area contributed by atoms with Crippen LogP contribution in [0.25, 0.3) is 0 Å². The molecule has 0 unspecified atom stereocenters. The summed E-state index contributed by atoms with van der Waals surface area (Å²) in [6.07, 6.45) is 12.1. The van der Waals surface area contributed by atoms with E-state index < -0.39 is 0 Å². The van der Waals surface area contributed by atoms with E-state index in [0.29, 0.717) is 0 Å². The molecule has 0 atom stereocenters. The van der Waals surface area contributed by atoms with Crippen LogP contribution in [0.2, 0.25) is 0 Å². The molecule has 0 amide bonds. The lowest BCUT2D eigenvalue weighted by Crippen LogP contribution is -1.98. The first-order valence-corrected chi connectivity index (χ1v) is 6.59. The first-order valence-electron chi connectivity index (χ1n) is 6.59. The van der Waals surface area contributed by atoms with E-state index in [1.807, 2.05) is 0 Å². The van der Waals surface area contributed by atoms with Crippen molar-refractivity contribution in [3.63, 3.8) is 0 Å². The molecule has 0 N–H and O–H groups in total. The first-order chi connectivity index (χ1) is 7.43. The highest BCUT2D eigenvalue weighted by atomic mass is 16.5. The van der Waals surface area contributed by atoms with E-state index in [9.17, 15) is 0 Å². The van der Waals surface area contributed by atoms with Crippen LogP contribution in [0.4, 0.5) is 0 Å². The Morgan fingerprint density at radius 3 is 2.27 bits per heavy atom. The minimum Gasteiger partial charge on any atom is -0.479 e. The fourth-order valence-corrected chi connectivity index (χ4v) is 1.94. The Labute approximate surface area is 94.1 Å². The van der Waals surface area contributed by atoms with Gasteiger partial charge in [0.05, 0.1) is 6.54 Å². The summed E-state index contributed by atoms with van der Waals surface area (Å²) in [6, 6.07) is 0. The van der Waals surface area contributed by atoms with E-state index >= 15 is 0 Å². The maximum absolute atomic E-state index is 5.36. The van der Waals surface area contributed by atoms with Crippen LogP contribution in [0.15, 0.2) is 4.99 Å². The lowest BCUT2D eigenvalue weighted by Gasteiger charge is -2.02. The molecule has 1 aliphatic rings. The monoisotopic (exact) mass is 211 g/mol.